The van der Waals surface area contributed by atoms with E-state index in [-0.39, 0.29) is 28.1 Å². The standard InChI is InChI=1S/C23H29F3N4O5S2/c1-37(34,35)21-28-10-18(36-21)22(33)7-5-17(6-8-22)30-12-16(13-30)29-19(31)11-27-20(32)14-3-2-4-15(9-14)23(24,25)26/h2-4,9-10,16-17,28,33H,5-8,11-13H2,1H3,(H,27,32)(H,29,31)(H,34,35). The number of aromatic nitrogens is 1. The van der Waals surface area contributed by atoms with Crippen molar-refractivity contribution in [2.75, 3.05) is 25.9 Å². The first-order chi connectivity index (χ1) is 17.2. The van der Waals surface area contributed by atoms with Crippen molar-refractivity contribution in [1.82, 2.24) is 20.5 Å². The number of benzene rings is 1. The van der Waals surface area contributed by atoms with Crippen LogP contribution in [-0.2, 0) is 26.4 Å². The predicted molar refractivity (Wildman–Crippen MR) is 132 cm³/mol. The molecule has 1 unspecified atom stereocenters. The van der Waals surface area contributed by atoms with Gasteiger partial charge in [0.05, 0.1) is 23.0 Å². The Morgan fingerprint density at radius 3 is 2.54 bits per heavy atom. The number of likely N-dealkylation sites (tertiary alicyclic amines) is 1. The number of H-pyrrole nitrogens is 1. The van der Waals surface area contributed by atoms with E-state index < -0.39 is 39.0 Å². The Kier molecular flexibility index (Phi) is 7.77. The van der Waals surface area contributed by atoms with E-state index in [0.717, 1.165) is 42.4 Å². The Morgan fingerprint density at radius 2 is 1.95 bits per heavy atom. The van der Waals surface area contributed by atoms with Gasteiger partial charge in [-0.05, 0) is 43.9 Å². The monoisotopic (exact) mass is 562 g/mol. The second-order valence-corrected chi connectivity index (χ2v) is 12.9. The number of alkyl halides is 3. The van der Waals surface area contributed by atoms with Gasteiger partial charge in [0, 0.05) is 37.1 Å². The molecule has 0 bridgehead atoms. The third kappa shape index (κ3) is 6.55. The molecule has 2 aliphatic rings. The topological polar surface area (TPSA) is 135 Å². The molecule has 1 aliphatic carbocycles. The molecule has 2 fully saturated rings. The van der Waals surface area contributed by atoms with Gasteiger partial charge >= 0.3 is 6.18 Å². The van der Waals surface area contributed by atoms with Gasteiger partial charge in [-0.1, -0.05) is 6.07 Å². The fraction of sp³-hybridized carbons (Fsp3) is 0.522. The van der Waals surface area contributed by atoms with Crippen LogP contribution in [0.25, 0.3) is 0 Å². The van der Waals surface area contributed by atoms with Crippen molar-refractivity contribution in [3.05, 3.63) is 50.4 Å². The van der Waals surface area contributed by atoms with Crippen molar-refractivity contribution in [3.8, 4) is 0 Å². The zero-order chi connectivity index (χ0) is 27.0. The summed E-state index contributed by atoms with van der Waals surface area (Å²) in [6, 6.07) is 4.15. The fourth-order valence-corrected chi connectivity index (χ4v) is 6.67. The maximum Gasteiger partial charge on any atom is 0.416 e. The molecular weight excluding hydrogens is 533 g/mol. The minimum Gasteiger partial charge on any atom is -0.384 e. The van der Waals surface area contributed by atoms with E-state index in [1.807, 2.05) is 0 Å². The van der Waals surface area contributed by atoms with Gasteiger partial charge in [-0.15, -0.1) is 11.3 Å². The molecule has 1 atom stereocenters. The summed E-state index contributed by atoms with van der Waals surface area (Å²) in [6.07, 6.45) is 0.751. The number of aromatic amines is 1. The van der Waals surface area contributed by atoms with E-state index in [2.05, 4.69) is 20.5 Å². The van der Waals surface area contributed by atoms with Crippen molar-refractivity contribution < 1.29 is 36.6 Å². The maximum atomic E-state index is 12.8. The second-order valence-electron chi connectivity index (χ2n) is 9.59. The van der Waals surface area contributed by atoms with Crippen molar-refractivity contribution in [2.45, 2.75) is 49.5 Å². The van der Waals surface area contributed by atoms with Crippen LogP contribution >= 0.6 is 11.3 Å². The Morgan fingerprint density at radius 1 is 1.27 bits per heavy atom. The number of halogens is 3. The number of hydrogen-bond acceptors (Lipinski definition) is 6. The summed E-state index contributed by atoms with van der Waals surface area (Å²) in [6.45, 7) is 0.894. The number of nitrogens with one attached hydrogen (secondary N) is 3. The summed E-state index contributed by atoms with van der Waals surface area (Å²) in [5.74, 6) is -1.19. The number of amides is 2. The predicted octanol–water partition coefficient (Wildman–Crippen LogP) is 2.37. The summed E-state index contributed by atoms with van der Waals surface area (Å²) in [5.41, 5.74) is -2.15. The fourth-order valence-electron chi connectivity index (χ4n) is 4.67. The lowest BCUT2D eigenvalue weighted by Crippen LogP contribution is -2.63. The van der Waals surface area contributed by atoms with E-state index in [1.54, 1.807) is 6.20 Å². The first kappa shape index (κ1) is 27.6. The van der Waals surface area contributed by atoms with Gasteiger partial charge in [0.25, 0.3) is 5.91 Å². The average Bonchev–Trinajstić information content (AvgIpc) is 3.32. The van der Waals surface area contributed by atoms with Crippen molar-refractivity contribution in [1.29, 1.82) is 0 Å². The van der Waals surface area contributed by atoms with Crippen LogP contribution in [0, 0.1) is 3.95 Å². The van der Waals surface area contributed by atoms with Gasteiger partial charge in [0.15, 0.2) is 3.95 Å². The van der Waals surface area contributed by atoms with Crippen LogP contribution in [0.1, 0.15) is 46.5 Å². The number of hydrogen-bond donors (Lipinski definition) is 5. The Balaban J connectivity index is 1.20. The third-order valence-electron chi connectivity index (χ3n) is 6.76. The van der Waals surface area contributed by atoms with Crippen LogP contribution in [0.3, 0.4) is 0 Å². The van der Waals surface area contributed by atoms with Crippen molar-refractivity contribution in [3.63, 3.8) is 0 Å². The zero-order valence-electron chi connectivity index (χ0n) is 20.0. The summed E-state index contributed by atoms with van der Waals surface area (Å²) in [7, 11) is -3.12. The highest BCUT2D eigenvalue weighted by atomic mass is 32.2. The molecule has 2 heterocycles. The Labute approximate surface area is 215 Å². The van der Waals surface area contributed by atoms with Crippen molar-refractivity contribution in [2.24, 2.45) is 0 Å². The van der Waals surface area contributed by atoms with Crippen LogP contribution in [0.2, 0.25) is 0 Å². The smallest absolute Gasteiger partial charge is 0.384 e. The lowest BCUT2D eigenvalue weighted by Gasteiger charge is -2.48. The van der Waals surface area contributed by atoms with Gasteiger partial charge in [-0.25, -0.2) is 4.21 Å². The van der Waals surface area contributed by atoms with Gasteiger partial charge in [-0.3, -0.25) is 14.5 Å². The Bertz CT molecular complexity index is 1310. The largest absolute Gasteiger partial charge is 0.416 e. The number of carbonyl (C=O) groups is 2. The van der Waals surface area contributed by atoms with E-state index in [4.69, 9.17) is 0 Å². The molecule has 0 spiro atoms. The van der Waals surface area contributed by atoms with Crippen LogP contribution in [0.5, 0.6) is 0 Å². The first-order valence-corrected chi connectivity index (χ1v) is 14.4. The molecule has 1 saturated heterocycles. The summed E-state index contributed by atoms with van der Waals surface area (Å²) in [4.78, 5) is 30.0. The SMILES string of the molecule is CS(=O)(O)=c1[nH]cc(C2(O)CCC(N3CC(NC(=O)CNC(=O)c4cccc(C(F)(F)F)c4)C3)CC2)s1. The highest BCUT2D eigenvalue weighted by molar-refractivity contribution is 7.90. The minimum absolute atomic E-state index is 0.101. The number of thiazole rings is 1. The normalized spacial score (nSPS) is 24.6. The van der Waals surface area contributed by atoms with E-state index in [1.165, 1.54) is 12.3 Å². The molecule has 1 aliphatic heterocycles. The van der Waals surface area contributed by atoms with Crippen LogP contribution < -0.4 is 10.6 Å². The third-order valence-corrected chi connectivity index (χ3v) is 9.77. The lowest BCUT2D eigenvalue weighted by molar-refractivity contribution is -0.137. The van der Waals surface area contributed by atoms with Gasteiger partial charge in [0.1, 0.15) is 15.4 Å². The van der Waals surface area contributed by atoms with Crippen LogP contribution in [-0.4, -0.2) is 73.5 Å². The summed E-state index contributed by atoms with van der Waals surface area (Å²) >= 11 is 1.12. The molecule has 5 N–H and O–H groups in total. The van der Waals surface area contributed by atoms with E-state index in [0.29, 0.717) is 30.8 Å². The first-order valence-electron chi connectivity index (χ1n) is 11.7. The van der Waals surface area contributed by atoms with Crippen molar-refractivity contribution >= 4 is 33.0 Å². The molecular formula is C23H29F3N4O5S2. The summed E-state index contributed by atoms with van der Waals surface area (Å²) in [5, 5.41) is 16.2. The molecule has 2 aromatic rings. The van der Waals surface area contributed by atoms with Crippen LogP contribution in [0.4, 0.5) is 13.2 Å². The second kappa shape index (κ2) is 10.4. The highest BCUT2D eigenvalue weighted by Gasteiger charge is 2.41. The quantitative estimate of drug-likeness (QED) is 0.343. The van der Waals surface area contributed by atoms with E-state index >= 15 is 0 Å². The molecule has 1 saturated carbocycles. The minimum atomic E-state index is -4.56. The maximum absolute atomic E-state index is 12.8. The summed E-state index contributed by atoms with van der Waals surface area (Å²) < 4.78 is 60.2. The number of nitrogens with zero attached hydrogens (tertiary/aromatic N) is 1. The van der Waals surface area contributed by atoms with Crippen LogP contribution in [0.15, 0.2) is 30.5 Å². The average molecular weight is 563 g/mol. The number of rotatable bonds is 6. The molecule has 204 valence electrons. The van der Waals surface area contributed by atoms with Gasteiger partial charge < -0.3 is 25.3 Å². The van der Waals surface area contributed by atoms with Gasteiger partial charge in [0.2, 0.25) is 5.91 Å². The molecule has 1 aromatic carbocycles. The number of carbonyl (C=O) groups excluding carboxylic acids is 2. The Hall–Kier alpha value is -2.39. The lowest BCUT2D eigenvalue weighted by atomic mass is 9.80. The number of aliphatic hydroxyl groups is 1. The highest BCUT2D eigenvalue weighted by Crippen LogP contribution is 2.41. The zero-order valence-corrected chi connectivity index (χ0v) is 21.6. The molecule has 1 aromatic heterocycles. The molecule has 37 heavy (non-hydrogen) atoms. The molecule has 14 heteroatoms. The van der Waals surface area contributed by atoms with E-state index in [9.17, 15) is 36.6 Å². The van der Waals surface area contributed by atoms with Gasteiger partial charge in [-0.2, -0.15) is 13.2 Å². The molecule has 0 radical (unpaired) electrons. The molecule has 2 amide bonds. The molecule has 4 rings (SSSR count). The molecule has 9 nitrogen and oxygen atoms in total.